The van der Waals surface area contributed by atoms with E-state index < -0.39 is 5.79 Å². The third kappa shape index (κ3) is 1.64. The van der Waals surface area contributed by atoms with Crippen LogP contribution in [0.1, 0.15) is 72.1 Å². The van der Waals surface area contributed by atoms with Crippen LogP contribution in [0, 0.1) is 45.8 Å². The highest BCUT2D eigenvalue weighted by Gasteiger charge is 2.77. The molecule has 3 nitrogen and oxygen atoms in total. The van der Waals surface area contributed by atoms with Gasteiger partial charge in [0, 0.05) is 17.8 Å². The number of fused-ring (bicyclic) bond motifs is 4. The van der Waals surface area contributed by atoms with Crippen LogP contribution >= 0.6 is 0 Å². The molecule has 6 rings (SSSR count). The Labute approximate surface area is 157 Å². The van der Waals surface area contributed by atoms with Crippen LogP contribution in [0.25, 0.3) is 0 Å². The largest absolute Gasteiger partial charge is 0.348 e. The first-order chi connectivity index (χ1) is 12.4. The number of carbonyl (C=O) groups is 1. The van der Waals surface area contributed by atoms with Gasteiger partial charge in [-0.15, -0.1) is 0 Å². The maximum atomic E-state index is 13.3. The predicted molar refractivity (Wildman–Crippen MR) is 98.3 cm³/mol. The topological polar surface area (TPSA) is 35.5 Å². The lowest BCUT2D eigenvalue weighted by molar-refractivity contribution is -0.216. The molecule has 26 heavy (non-hydrogen) atoms. The molecule has 0 N–H and O–H groups in total. The van der Waals surface area contributed by atoms with Crippen molar-refractivity contribution in [1.82, 2.24) is 0 Å². The van der Waals surface area contributed by atoms with Crippen molar-refractivity contribution in [2.24, 2.45) is 45.8 Å². The molecule has 6 aliphatic rings. The number of hydrogen-bond acceptors (Lipinski definition) is 3. The zero-order chi connectivity index (χ0) is 17.9. The predicted octanol–water partition coefficient (Wildman–Crippen LogP) is 4.59. The van der Waals surface area contributed by atoms with E-state index in [-0.39, 0.29) is 10.8 Å². The number of ether oxygens (including phenoxy) is 2. The third-order valence-electron chi connectivity index (χ3n) is 10.8. The minimum atomic E-state index is -0.394. The SMILES string of the molecule is CC1([C@H]2CCC3C4CC(=O)C56C[C@H]5CC[C@]6(C)C4CC[C@@]32C)OCCO1. The summed E-state index contributed by atoms with van der Waals surface area (Å²) in [6, 6.07) is 0. The second-order valence-corrected chi connectivity index (χ2v) is 11.2. The lowest BCUT2D eigenvalue weighted by Crippen LogP contribution is -2.56. The molecular weight excluding hydrogens is 324 g/mol. The van der Waals surface area contributed by atoms with Crippen LogP contribution in [0.2, 0.25) is 0 Å². The van der Waals surface area contributed by atoms with Gasteiger partial charge in [0.1, 0.15) is 5.78 Å². The first-order valence-electron chi connectivity index (χ1n) is 11.2. The van der Waals surface area contributed by atoms with Gasteiger partial charge in [-0.1, -0.05) is 13.8 Å². The summed E-state index contributed by atoms with van der Waals surface area (Å²) >= 11 is 0. The van der Waals surface area contributed by atoms with E-state index in [1.807, 2.05) is 0 Å². The number of carbonyl (C=O) groups excluding carboxylic acids is 1. The summed E-state index contributed by atoms with van der Waals surface area (Å²) in [6.07, 6.45) is 9.82. The fourth-order valence-corrected chi connectivity index (χ4v) is 9.60. The molecule has 4 unspecified atom stereocenters. The van der Waals surface area contributed by atoms with Crippen LogP contribution in [0.15, 0.2) is 0 Å². The molecule has 1 spiro atoms. The molecule has 1 aliphatic heterocycles. The number of ketones is 1. The Morgan fingerprint density at radius 1 is 0.923 bits per heavy atom. The average molecular weight is 359 g/mol. The molecule has 0 aromatic carbocycles. The fraction of sp³-hybridized carbons (Fsp3) is 0.957. The molecule has 0 radical (unpaired) electrons. The summed E-state index contributed by atoms with van der Waals surface area (Å²) in [4.78, 5) is 13.3. The van der Waals surface area contributed by atoms with Crippen LogP contribution < -0.4 is 0 Å². The average Bonchev–Trinajstić information content (AvgIpc) is 2.86. The molecule has 144 valence electrons. The quantitative estimate of drug-likeness (QED) is 0.688. The van der Waals surface area contributed by atoms with Gasteiger partial charge in [-0.25, -0.2) is 0 Å². The van der Waals surface area contributed by atoms with Gasteiger partial charge < -0.3 is 9.47 Å². The van der Waals surface area contributed by atoms with Crippen LogP contribution in [0.5, 0.6) is 0 Å². The van der Waals surface area contributed by atoms with E-state index in [2.05, 4.69) is 20.8 Å². The third-order valence-corrected chi connectivity index (χ3v) is 10.8. The van der Waals surface area contributed by atoms with Gasteiger partial charge >= 0.3 is 0 Å². The first kappa shape index (κ1) is 16.5. The minimum absolute atomic E-state index is 0.115. The van der Waals surface area contributed by atoms with Crippen molar-refractivity contribution in [3.05, 3.63) is 0 Å². The zero-order valence-corrected chi connectivity index (χ0v) is 16.7. The maximum absolute atomic E-state index is 13.3. The second kappa shape index (κ2) is 4.76. The summed E-state index contributed by atoms with van der Waals surface area (Å²) in [5.41, 5.74) is 0.702. The Morgan fingerprint density at radius 3 is 2.42 bits per heavy atom. The van der Waals surface area contributed by atoms with Crippen LogP contribution in [-0.2, 0) is 14.3 Å². The Kier molecular flexibility index (Phi) is 3.03. The molecule has 0 bridgehead atoms. The lowest BCUT2D eigenvalue weighted by Gasteiger charge is -2.59. The van der Waals surface area contributed by atoms with Crippen LogP contribution in [0.4, 0.5) is 0 Å². The number of Topliss-reactive ketones (excluding diaryl/α,β-unsaturated/α-hetero) is 1. The van der Waals surface area contributed by atoms with Gasteiger partial charge in [-0.05, 0) is 86.4 Å². The second-order valence-electron chi connectivity index (χ2n) is 11.2. The van der Waals surface area contributed by atoms with Crippen molar-refractivity contribution in [3.63, 3.8) is 0 Å². The Morgan fingerprint density at radius 2 is 1.69 bits per heavy atom. The summed E-state index contributed by atoms with van der Waals surface area (Å²) < 4.78 is 12.2. The van der Waals surface area contributed by atoms with E-state index in [9.17, 15) is 4.79 Å². The van der Waals surface area contributed by atoms with E-state index in [4.69, 9.17) is 9.47 Å². The minimum Gasteiger partial charge on any atom is -0.348 e. The van der Waals surface area contributed by atoms with Crippen molar-refractivity contribution in [3.8, 4) is 0 Å². The molecule has 1 heterocycles. The van der Waals surface area contributed by atoms with Crippen LogP contribution in [0.3, 0.4) is 0 Å². The normalized spacial score (nSPS) is 59.5. The van der Waals surface area contributed by atoms with Crippen molar-refractivity contribution >= 4 is 5.78 Å². The van der Waals surface area contributed by atoms with Gasteiger partial charge in [0.2, 0.25) is 0 Å². The van der Waals surface area contributed by atoms with Gasteiger partial charge in [-0.2, -0.15) is 0 Å². The van der Waals surface area contributed by atoms with Crippen molar-refractivity contribution < 1.29 is 14.3 Å². The highest BCUT2D eigenvalue weighted by molar-refractivity contribution is 5.91. The number of rotatable bonds is 1. The summed E-state index contributed by atoms with van der Waals surface area (Å²) in [6.45, 7) is 8.67. The molecule has 3 heteroatoms. The van der Waals surface area contributed by atoms with E-state index >= 15 is 0 Å². The maximum Gasteiger partial charge on any atom is 0.169 e. The van der Waals surface area contributed by atoms with Crippen LogP contribution in [-0.4, -0.2) is 24.8 Å². The monoisotopic (exact) mass is 358 g/mol. The summed E-state index contributed by atoms with van der Waals surface area (Å²) in [5, 5.41) is 0. The van der Waals surface area contributed by atoms with E-state index in [1.165, 1.54) is 44.9 Å². The molecule has 8 atom stereocenters. The molecule has 1 saturated heterocycles. The first-order valence-corrected chi connectivity index (χ1v) is 11.2. The van der Waals surface area contributed by atoms with Gasteiger partial charge in [0.25, 0.3) is 0 Å². The highest BCUT2D eigenvalue weighted by Crippen LogP contribution is 2.80. The fourth-order valence-electron chi connectivity index (χ4n) is 9.60. The van der Waals surface area contributed by atoms with E-state index in [0.29, 0.717) is 29.0 Å². The van der Waals surface area contributed by atoms with Crippen molar-refractivity contribution in [2.45, 2.75) is 77.9 Å². The van der Waals surface area contributed by atoms with Crippen molar-refractivity contribution in [2.75, 3.05) is 13.2 Å². The molecule has 0 aromatic rings. The molecule has 5 saturated carbocycles. The smallest absolute Gasteiger partial charge is 0.169 e. The molecule has 0 aromatic heterocycles. The molecular formula is C23H34O3. The zero-order valence-electron chi connectivity index (χ0n) is 16.7. The highest BCUT2D eigenvalue weighted by atomic mass is 16.7. The van der Waals surface area contributed by atoms with E-state index in [1.54, 1.807) is 0 Å². The Hall–Kier alpha value is -0.410. The standard InChI is InChI=1S/C23H34O3/c1-20-8-7-17-15(12-19(24)23-13-14(23)6-9-21(17,23)2)16(20)4-5-18(20)22(3)25-10-11-26-22/h14-18H,4-13H2,1-3H3/t14-,15?,16?,17?,18+,20+,21-,23?/m1/s1. The van der Waals surface area contributed by atoms with Gasteiger partial charge in [0.15, 0.2) is 5.79 Å². The lowest BCUT2D eigenvalue weighted by atomic mass is 9.45. The van der Waals surface area contributed by atoms with Gasteiger partial charge in [0.05, 0.1) is 13.2 Å². The number of hydrogen-bond donors (Lipinski definition) is 0. The summed E-state index contributed by atoms with van der Waals surface area (Å²) in [5.74, 6) is 3.57. The summed E-state index contributed by atoms with van der Waals surface area (Å²) in [7, 11) is 0. The Bertz CT molecular complexity index is 666. The van der Waals surface area contributed by atoms with Gasteiger partial charge in [-0.3, -0.25) is 4.79 Å². The Balaban J connectivity index is 1.35. The molecule has 5 aliphatic carbocycles. The molecule has 0 amide bonds. The molecule has 6 fully saturated rings. The van der Waals surface area contributed by atoms with E-state index in [0.717, 1.165) is 31.5 Å². The van der Waals surface area contributed by atoms with Crippen molar-refractivity contribution in [1.29, 1.82) is 0 Å².